The maximum atomic E-state index is 12.4. The number of piperazine rings is 1. The normalized spacial score (nSPS) is 22.8. The van der Waals surface area contributed by atoms with Crippen molar-refractivity contribution in [2.24, 2.45) is 0 Å². The minimum atomic E-state index is -0.943. The first kappa shape index (κ1) is 20.1. The number of carbonyl (C=O) groups excluding carboxylic acids is 4. The van der Waals surface area contributed by atoms with Crippen LogP contribution in [0, 0.1) is 0 Å². The molecule has 2 rings (SSSR count). The van der Waals surface area contributed by atoms with E-state index in [4.69, 9.17) is 19.1 Å². The third-order valence-corrected chi connectivity index (χ3v) is 4.13. The van der Waals surface area contributed by atoms with Gasteiger partial charge in [0.25, 0.3) is 0 Å². The number of amides is 2. The molecule has 0 spiro atoms. The molecule has 2 amide bonds. The minimum Gasteiger partial charge on any atom is -0.464 e. The average molecular weight is 372 g/mol. The Hall–Kier alpha value is -2.20. The number of ether oxygens (including phenoxy) is 2. The van der Waals surface area contributed by atoms with Crippen LogP contribution in [0.5, 0.6) is 0 Å². The molecule has 0 aromatic carbocycles. The lowest BCUT2D eigenvalue weighted by atomic mass is 9.88. The van der Waals surface area contributed by atoms with Crippen LogP contribution in [-0.2, 0) is 38.3 Å². The molecule has 0 bridgehead atoms. The Morgan fingerprint density at radius 2 is 1.23 bits per heavy atom. The van der Waals surface area contributed by atoms with E-state index < -0.39 is 49.1 Å². The first-order valence-corrected chi connectivity index (χ1v) is 8.73. The second kappa shape index (κ2) is 9.48. The number of carbonyl (C=O) groups is 4. The Morgan fingerprint density at radius 1 is 0.846 bits per heavy atom. The molecule has 0 unspecified atom stereocenters. The third-order valence-electron chi connectivity index (χ3n) is 4.13. The summed E-state index contributed by atoms with van der Waals surface area (Å²) < 4.78 is 9.53. The van der Waals surface area contributed by atoms with E-state index in [1.54, 1.807) is 13.8 Å². The lowest BCUT2D eigenvalue weighted by Gasteiger charge is -2.46. The Kier molecular flexibility index (Phi) is 7.34. The van der Waals surface area contributed by atoms with Gasteiger partial charge in [-0.1, -0.05) is 12.8 Å². The van der Waals surface area contributed by atoms with Gasteiger partial charge in [0.1, 0.15) is 0 Å². The van der Waals surface area contributed by atoms with Gasteiger partial charge in [0.15, 0.2) is 13.2 Å². The highest BCUT2D eigenvalue weighted by atomic mass is 16.7. The zero-order valence-corrected chi connectivity index (χ0v) is 15.0. The number of esters is 2. The minimum absolute atomic E-state index is 0.191. The molecular formula is C16H24N2O8. The first-order valence-electron chi connectivity index (χ1n) is 8.73. The molecule has 0 aromatic heterocycles. The molecule has 0 aromatic rings. The van der Waals surface area contributed by atoms with E-state index in [1.807, 2.05) is 0 Å². The van der Waals surface area contributed by atoms with Gasteiger partial charge in [0.05, 0.1) is 25.3 Å². The van der Waals surface area contributed by atoms with E-state index in [2.05, 4.69) is 0 Å². The van der Waals surface area contributed by atoms with Gasteiger partial charge in [-0.2, -0.15) is 0 Å². The molecule has 0 radical (unpaired) electrons. The standard InChI is InChI=1S/C16H24N2O8/c1-3-23-13(19)9-25-17-11-7-5-6-8-12(11)18(16(22)15(17)21)26-10-14(20)24-4-2/h11-12H,3-10H2,1-2H3/t11-,12+. The smallest absolute Gasteiger partial charge is 0.338 e. The second-order valence-electron chi connectivity index (χ2n) is 5.84. The van der Waals surface area contributed by atoms with E-state index in [0.717, 1.165) is 23.0 Å². The Balaban J connectivity index is 2.06. The number of nitrogens with zero attached hydrogens (tertiary/aromatic N) is 2. The first-order chi connectivity index (χ1) is 12.5. The monoisotopic (exact) mass is 372 g/mol. The van der Waals surface area contributed by atoms with Crippen molar-refractivity contribution in [2.75, 3.05) is 26.4 Å². The summed E-state index contributed by atoms with van der Waals surface area (Å²) in [6.07, 6.45) is 2.86. The molecule has 1 saturated carbocycles. The predicted octanol–water partition coefficient (Wildman–Crippen LogP) is -0.0422. The maximum absolute atomic E-state index is 12.4. The van der Waals surface area contributed by atoms with Crippen molar-refractivity contribution in [1.29, 1.82) is 0 Å². The van der Waals surface area contributed by atoms with Crippen LogP contribution < -0.4 is 0 Å². The molecular weight excluding hydrogens is 348 g/mol. The summed E-state index contributed by atoms with van der Waals surface area (Å²) in [4.78, 5) is 58.3. The molecule has 1 aliphatic heterocycles. The van der Waals surface area contributed by atoms with Crippen molar-refractivity contribution in [3.63, 3.8) is 0 Å². The molecule has 146 valence electrons. The zero-order valence-electron chi connectivity index (χ0n) is 15.0. The summed E-state index contributed by atoms with van der Waals surface area (Å²) in [7, 11) is 0. The van der Waals surface area contributed by atoms with Crippen LogP contribution in [0.3, 0.4) is 0 Å². The van der Waals surface area contributed by atoms with Gasteiger partial charge in [-0.25, -0.2) is 19.7 Å². The molecule has 1 aliphatic carbocycles. The topological polar surface area (TPSA) is 112 Å². The van der Waals surface area contributed by atoms with Gasteiger partial charge in [0.2, 0.25) is 0 Å². The Morgan fingerprint density at radius 3 is 1.58 bits per heavy atom. The number of fused-ring (bicyclic) bond motifs is 1. The number of hydrogen-bond acceptors (Lipinski definition) is 8. The van der Waals surface area contributed by atoms with Crippen LogP contribution in [0.2, 0.25) is 0 Å². The van der Waals surface area contributed by atoms with Crippen molar-refractivity contribution in [3.8, 4) is 0 Å². The number of hydrogen-bond donors (Lipinski definition) is 0. The van der Waals surface area contributed by atoms with Crippen LogP contribution in [0.4, 0.5) is 0 Å². The van der Waals surface area contributed by atoms with Crippen LogP contribution in [0.25, 0.3) is 0 Å². The molecule has 2 fully saturated rings. The van der Waals surface area contributed by atoms with Gasteiger partial charge < -0.3 is 9.47 Å². The van der Waals surface area contributed by atoms with E-state index in [-0.39, 0.29) is 13.2 Å². The van der Waals surface area contributed by atoms with E-state index >= 15 is 0 Å². The van der Waals surface area contributed by atoms with Crippen LogP contribution in [0.15, 0.2) is 0 Å². The van der Waals surface area contributed by atoms with E-state index in [9.17, 15) is 19.2 Å². The third kappa shape index (κ3) is 4.70. The lowest BCUT2D eigenvalue weighted by Crippen LogP contribution is -2.65. The van der Waals surface area contributed by atoms with Crippen molar-refractivity contribution in [2.45, 2.75) is 51.6 Å². The summed E-state index contributed by atoms with van der Waals surface area (Å²) in [5.41, 5.74) is 0. The van der Waals surface area contributed by atoms with E-state index in [0.29, 0.717) is 12.8 Å². The highest BCUT2D eigenvalue weighted by Gasteiger charge is 2.49. The average Bonchev–Trinajstić information content (AvgIpc) is 2.62. The number of rotatable bonds is 8. The molecule has 0 N–H and O–H groups in total. The van der Waals surface area contributed by atoms with Gasteiger partial charge in [-0.3, -0.25) is 19.3 Å². The molecule has 10 nitrogen and oxygen atoms in total. The van der Waals surface area contributed by atoms with Crippen LogP contribution in [0.1, 0.15) is 39.5 Å². The molecule has 26 heavy (non-hydrogen) atoms. The van der Waals surface area contributed by atoms with Crippen LogP contribution >= 0.6 is 0 Å². The zero-order chi connectivity index (χ0) is 19.1. The Bertz CT molecular complexity index is 504. The second-order valence-corrected chi connectivity index (χ2v) is 5.84. The highest BCUT2D eigenvalue weighted by molar-refractivity contribution is 6.35. The number of hydroxylamine groups is 4. The van der Waals surface area contributed by atoms with Crippen molar-refractivity contribution in [1.82, 2.24) is 10.1 Å². The summed E-state index contributed by atoms with van der Waals surface area (Å²) in [6.45, 7) is 2.78. The maximum Gasteiger partial charge on any atom is 0.338 e. The quantitative estimate of drug-likeness (QED) is 0.431. The van der Waals surface area contributed by atoms with Crippen molar-refractivity contribution in [3.05, 3.63) is 0 Å². The van der Waals surface area contributed by atoms with E-state index in [1.165, 1.54) is 0 Å². The van der Waals surface area contributed by atoms with Gasteiger partial charge >= 0.3 is 23.8 Å². The predicted molar refractivity (Wildman–Crippen MR) is 84.9 cm³/mol. The Labute approximate surface area is 151 Å². The van der Waals surface area contributed by atoms with Crippen molar-refractivity contribution < 1.29 is 38.3 Å². The largest absolute Gasteiger partial charge is 0.464 e. The summed E-state index contributed by atoms with van der Waals surface area (Å²) in [5, 5.41) is 1.90. The molecule has 1 saturated heterocycles. The highest BCUT2D eigenvalue weighted by Crippen LogP contribution is 2.31. The fourth-order valence-corrected chi connectivity index (χ4v) is 3.09. The molecule has 10 heteroatoms. The van der Waals surface area contributed by atoms with Gasteiger partial charge in [-0.05, 0) is 26.7 Å². The fraction of sp³-hybridized carbons (Fsp3) is 0.750. The van der Waals surface area contributed by atoms with Crippen LogP contribution in [-0.4, -0.2) is 72.4 Å². The van der Waals surface area contributed by atoms with Gasteiger partial charge in [0, 0.05) is 0 Å². The van der Waals surface area contributed by atoms with Gasteiger partial charge in [-0.15, -0.1) is 0 Å². The molecule has 1 heterocycles. The van der Waals surface area contributed by atoms with Crippen molar-refractivity contribution >= 4 is 23.8 Å². The summed E-state index contributed by atoms with van der Waals surface area (Å²) in [5.74, 6) is -3.13. The molecule has 2 atom stereocenters. The summed E-state index contributed by atoms with van der Waals surface area (Å²) >= 11 is 0. The molecule has 2 aliphatic rings. The lowest BCUT2D eigenvalue weighted by molar-refractivity contribution is -0.264. The SMILES string of the molecule is CCOC(=O)CON1C(=O)C(=O)N(OCC(=O)OCC)[C@H]2CCCC[C@H]21. The fourth-order valence-electron chi connectivity index (χ4n) is 3.09. The summed E-state index contributed by atoms with van der Waals surface area (Å²) in [6, 6.07) is -0.906.